The maximum atomic E-state index is 3.41. The lowest BCUT2D eigenvalue weighted by atomic mass is 9.64. The minimum atomic E-state index is 0.0724. The van der Waals surface area contributed by atoms with Crippen LogP contribution in [-0.2, 0) is 5.41 Å². The number of hydrogen-bond donors (Lipinski definition) is 1. The van der Waals surface area contributed by atoms with Gasteiger partial charge in [0.1, 0.15) is 0 Å². The van der Waals surface area contributed by atoms with Gasteiger partial charge in [0.15, 0.2) is 0 Å². The van der Waals surface area contributed by atoms with E-state index in [0.717, 1.165) is 0 Å². The van der Waals surface area contributed by atoms with E-state index >= 15 is 0 Å². The summed E-state index contributed by atoms with van der Waals surface area (Å²) in [5.41, 5.74) is 5.61. The van der Waals surface area contributed by atoms with Gasteiger partial charge in [0.2, 0.25) is 0 Å². The molecule has 0 fully saturated rings. The van der Waals surface area contributed by atoms with Crippen LogP contribution in [0, 0.1) is 0 Å². The molecule has 0 aromatic heterocycles. The lowest BCUT2D eigenvalue weighted by Gasteiger charge is -2.41. The molecule has 1 aliphatic carbocycles. The van der Waals surface area contributed by atoms with Crippen molar-refractivity contribution in [3.8, 4) is 0 Å². The molecule has 0 radical (unpaired) electrons. The second kappa shape index (κ2) is 3.83. The topological polar surface area (TPSA) is 12.0 Å². The van der Waals surface area contributed by atoms with Crippen LogP contribution in [0.4, 0.5) is 5.69 Å². The average Bonchev–Trinajstić information content (AvgIpc) is 2.82. The second-order valence-electron chi connectivity index (χ2n) is 6.10. The van der Waals surface area contributed by atoms with Crippen LogP contribution in [0.15, 0.2) is 64.5 Å². The van der Waals surface area contributed by atoms with E-state index in [1.54, 1.807) is 0 Å². The molecule has 0 saturated carbocycles. The summed E-state index contributed by atoms with van der Waals surface area (Å²) in [7, 11) is 0. The third kappa shape index (κ3) is 1.34. The van der Waals surface area contributed by atoms with Crippen molar-refractivity contribution in [3.05, 3.63) is 76.3 Å². The summed E-state index contributed by atoms with van der Waals surface area (Å²) in [6, 6.07) is 15.4. The fourth-order valence-electron chi connectivity index (χ4n) is 3.98. The Morgan fingerprint density at radius 3 is 2.95 bits per heavy atom. The molecular weight excluding hydrogens is 274 g/mol. The SMILES string of the molecule is CC12C(=Cc3cccc4c3C1C=CN4)Sc1ccccc12. The van der Waals surface area contributed by atoms with Crippen LogP contribution in [0.25, 0.3) is 6.08 Å². The van der Waals surface area contributed by atoms with Crippen LogP contribution < -0.4 is 5.32 Å². The standard InChI is InChI=1S/C19H15NS/c1-19-13-6-2-3-8-16(13)21-17(19)11-12-5-4-7-15-18(12)14(19)9-10-20-15/h2-11,14,20H,1H3. The number of benzene rings is 2. The number of fused-ring (bicyclic) bond motifs is 4. The highest BCUT2D eigenvalue weighted by molar-refractivity contribution is 8.03. The lowest BCUT2D eigenvalue weighted by molar-refractivity contribution is 0.515. The van der Waals surface area contributed by atoms with Crippen molar-refractivity contribution < 1.29 is 0 Å². The molecule has 21 heavy (non-hydrogen) atoms. The van der Waals surface area contributed by atoms with Crippen LogP contribution in [0.3, 0.4) is 0 Å². The van der Waals surface area contributed by atoms with Crippen LogP contribution in [0.2, 0.25) is 0 Å². The van der Waals surface area contributed by atoms with E-state index in [4.69, 9.17) is 0 Å². The van der Waals surface area contributed by atoms with Gasteiger partial charge in [0, 0.05) is 26.8 Å². The zero-order valence-electron chi connectivity index (χ0n) is 11.8. The number of rotatable bonds is 0. The van der Waals surface area contributed by atoms with E-state index in [0.29, 0.717) is 5.92 Å². The molecule has 2 aromatic carbocycles. The Kier molecular flexibility index (Phi) is 2.13. The molecule has 0 bridgehead atoms. The number of hydrogen-bond acceptors (Lipinski definition) is 2. The van der Waals surface area contributed by atoms with E-state index in [2.05, 4.69) is 73.1 Å². The molecule has 2 unspecified atom stereocenters. The maximum Gasteiger partial charge on any atom is 0.0424 e. The molecule has 2 heterocycles. The molecule has 3 aliphatic rings. The minimum absolute atomic E-state index is 0.0724. The van der Waals surface area contributed by atoms with Crippen LogP contribution in [0.1, 0.15) is 29.5 Å². The third-order valence-corrected chi connectivity index (χ3v) is 6.40. The van der Waals surface area contributed by atoms with Crippen LogP contribution in [-0.4, -0.2) is 0 Å². The Hall–Kier alpha value is -1.93. The van der Waals surface area contributed by atoms with Gasteiger partial charge in [-0.05, 0) is 48.0 Å². The van der Waals surface area contributed by atoms with Crippen LogP contribution in [0.5, 0.6) is 0 Å². The lowest BCUT2D eigenvalue weighted by Crippen LogP contribution is -2.32. The van der Waals surface area contributed by atoms with Crippen molar-refractivity contribution in [3.63, 3.8) is 0 Å². The van der Waals surface area contributed by atoms with Gasteiger partial charge in [-0.2, -0.15) is 0 Å². The number of allylic oxidation sites excluding steroid dienone is 2. The Bertz CT molecular complexity index is 833. The summed E-state index contributed by atoms with van der Waals surface area (Å²) >= 11 is 1.94. The number of thioether (sulfide) groups is 1. The molecule has 2 heteroatoms. The van der Waals surface area contributed by atoms with E-state index in [-0.39, 0.29) is 5.41 Å². The number of nitrogens with one attached hydrogen (secondary N) is 1. The van der Waals surface area contributed by atoms with Gasteiger partial charge in [-0.3, -0.25) is 0 Å². The van der Waals surface area contributed by atoms with E-state index in [9.17, 15) is 0 Å². The van der Waals surface area contributed by atoms with Crippen molar-refractivity contribution in [1.82, 2.24) is 0 Å². The first-order valence-corrected chi connectivity index (χ1v) is 8.16. The second-order valence-corrected chi connectivity index (χ2v) is 7.18. The normalized spacial score (nSPS) is 27.3. The molecular formula is C19H15NS. The van der Waals surface area contributed by atoms with Gasteiger partial charge in [-0.15, -0.1) is 0 Å². The summed E-state index contributed by atoms with van der Waals surface area (Å²) in [4.78, 5) is 2.89. The maximum absolute atomic E-state index is 3.41. The smallest absolute Gasteiger partial charge is 0.0424 e. The first-order chi connectivity index (χ1) is 10.3. The molecule has 0 amide bonds. The number of anilines is 1. The van der Waals surface area contributed by atoms with Gasteiger partial charge in [0.05, 0.1) is 0 Å². The van der Waals surface area contributed by atoms with Crippen molar-refractivity contribution in [2.75, 3.05) is 5.32 Å². The van der Waals surface area contributed by atoms with Gasteiger partial charge in [-0.25, -0.2) is 0 Å². The van der Waals surface area contributed by atoms with Crippen molar-refractivity contribution in [1.29, 1.82) is 0 Å². The Morgan fingerprint density at radius 2 is 2.00 bits per heavy atom. The highest BCUT2D eigenvalue weighted by Crippen LogP contribution is 2.63. The summed E-state index contributed by atoms with van der Waals surface area (Å²) in [6.45, 7) is 2.40. The first kappa shape index (κ1) is 11.7. The van der Waals surface area contributed by atoms with Crippen molar-refractivity contribution in [2.45, 2.75) is 23.2 Å². The molecule has 5 rings (SSSR count). The zero-order valence-corrected chi connectivity index (χ0v) is 12.6. The van der Waals surface area contributed by atoms with Crippen molar-refractivity contribution in [2.24, 2.45) is 0 Å². The van der Waals surface area contributed by atoms with Crippen LogP contribution >= 0.6 is 11.8 Å². The van der Waals surface area contributed by atoms with Gasteiger partial charge in [0.25, 0.3) is 0 Å². The van der Waals surface area contributed by atoms with Crippen molar-refractivity contribution >= 4 is 23.5 Å². The predicted octanol–water partition coefficient (Wildman–Crippen LogP) is 5.13. The summed E-state index contributed by atoms with van der Waals surface area (Å²) < 4.78 is 0. The Labute approximate surface area is 128 Å². The predicted molar refractivity (Wildman–Crippen MR) is 89.6 cm³/mol. The molecule has 0 spiro atoms. The first-order valence-electron chi connectivity index (χ1n) is 7.34. The van der Waals surface area contributed by atoms with Gasteiger partial charge in [-0.1, -0.05) is 48.2 Å². The third-order valence-electron chi connectivity index (χ3n) is 5.07. The Morgan fingerprint density at radius 1 is 1.10 bits per heavy atom. The van der Waals surface area contributed by atoms with E-state index in [1.165, 1.54) is 32.2 Å². The molecule has 1 N–H and O–H groups in total. The molecule has 1 nitrogen and oxygen atoms in total. The molecule has 2 atom stereocenters. The zero-order chi connectivity index (χ0) is 14.0. The average molecular weight is 289 g/mol. The summed E-state index contributed by atoms with van der Waals surface area (Å²) in [6.07, 6.45) is 6.83. The fraction of sp³-hybridized carbons (Fsp3) is 0.158. The highest BCUT2D eigenvalue weighted by Gasteiger charge is 2.48. The monoisotopic (exact) mass is 289 g/mol. The minimum Gasteiger partial charge on any atom is -0.362 e. The largest absolute Gasteiger partial charge is 0.362 e. The Balaban J connectivity index is 1.86. The quantitative estimate of drug-likeness (QED) is 0.721. The summed E-state index contributed by atoms with van der Waals surface area (Å²) in [5.74, 6) is 0.418. The summed E-state index contributed by atoms with van der Waals surface area (Å²) in [5, 5.41) is 3.41. The molecule has 2 aromatic rings. The van der Waals surface area contributed by atoms with Gasteiger partial charge >= 0.3 is 0 Å². The van der Waals surface area contributed by atoms with E-state index in [1.807, 2.05) is 11.8 Å². The molecule has 102 valence electrons. The highest BCUT2D eigenvalue weighted by atomic mass is 32.2. The van der Waals surface area contributed by atoms with Gasteiger partial charge < -0.3 is 5.32 Å². The fourth-order valence-corrected chi connectivity index (χ4v) is 5.39. The molecule has 2 aliphatic heterocycles. The van der Waals surface area contributed by atoms with E-state index < -0.39 is 0 Å². The molecule has 0 saturated heterocycles.